The highest BCUT2D eigenvalue weighted by molar-refractivity contribution is 7.92. The van der Waals surface area contributed by atoms with Gasteiger partial charge in [-0.3, -0.25) is 4.31 Å². The topological polar surface area (TPSA) is 83.6 Å². The zero-order chi connectivity index (χ0) is 17.7. The molecule has 0 saturated heterocycles. The average molecular weight is 363 g/mol. The highest BCUT2D eigenvalue weighted by Crippen LogP contribution is 2.28. The molecule has 0 heterocycles. The summed E-state index contributed by atoms with van der Waals surface area (Å²) in [6.45, 7) is 5.60. The van der Waals surface area contributed by atoms with Crippen LogP contribution in [0.25, 0.3) is 0 Å². The van der Waals surface area contributed by atoms with E-state index in [-0.39, 0.29) is 18.8 Å². The Kier molecular flexibility index (Phi) is 7.03. The molecule has 0 amide bonds. The van der Waals surface area contributed by atoms with Crippen LogP contribution in [-0.4, -0.2) is 41.9 Å². The summed E-state index contributed by atoms with van der Waals surface area (Å²) in [5.74, 6) is -0.0301. The summed E-state index contributed by atoms with van der Waals surface area (Å²) in [6.07, 6.45) is 2.55. The third kappa shape index (κ3) is 5.47. The molecule has 6 nitrogen and oxygen atoms in total. The van der Waals surface area contributed by atoms with Gasteiger partial charge >= 0.3 is 0 Å². The first-order valence-corrected chi connectivity index (χ1v) is 11.2. The molecule has 0 spiro atoms. The van der Waals surface area contributed by atoms with Crippen molar-refractivity contribution in [3.05, 3.63) is 29.3 Å². The van der Waals surface area contributed by atoms with Crippen LogP contribution >= 0.6 is 0 Å². The lowest BCUT2D eigenvalue weighted by Crippen LogP contribution is -2.39. The van der Waals surface area contributed by atoms with Gasteiger partial charge < -0.3 is 0 Å². The van der Waals surface area contributed by atoms with E-state index < -0.39 is 20.0 Å². The summed E-state index contributed by atoms with van der Waals surface area (Å²) in [5.41, 5.74) is 2.55. The van der Waals surface area contributed by atoms with Crippen LogP contribution in [0.2, 0.25) is 0 Å². The Morgan fingerprint density at radius 3 is 1.91 bits per heavy atom. The van der Waals surface area contributed by atoms with Crippen molar-refractivity contribution < 1.29 is 16.8 Å². The fraction of sp³-hybridized carbons (Fsp3) is 0.600. The van der Waals surface area contributed by atoms with Gasteiger partial charge in [0.1, 0.15) is 0 Å². The molecule has 23 heavy (non-hydrogen) atoms. The molecule has 1 N–H and O–H groups in total. The molecule has 0 fully saturated rings. The molecule has 0 radical (unpaired) electrons. The van der Waals surface area contributed by atoms with Gasteiger partial charge in [-0.25, -0.2) is 21.6 Å². The average Bonchev–Trinajstić information content (AvgIpc) is 2.49. The highest BCUT2D eigenvalue weighted by Gasteiger charge is 2.22. The second-order valence-electron chi connectivity index (χ2n) is 5.26. The number of sulfonamides is 2. The van der Waals surface area contributed by atoms with Crippen LogP contribution in [-0.2, 0) is 32.9 Å². The van der Waals surface area contributed by atoms with Gasteiger partial charge in [0, 0.05) is 13.1 Å². The molecule has 0 atom stereocenters. The van der Waals surface area contributed by atoms with E-state index in [4.69, 9.17) is 0 Å². The summed E-state index contributed by atoms with van der Waals surface area (Å²) in [6, 6.07) is 5.73. The number of benzene rings is 1. The molecule has 0 aliphatic rings. The number of hydrogen-bond donors (Lipinski definition) is 1. The minimum Gasteiger partial charge on any atom is -0.269 e. The normalized spacial score (nSPS) is 12.3. The van der Waals surface area contributed by atoms with Crippen LogP contribution in [0, 0.1) is 0 Å². The fourth-order valence-corrected chi connectivity index (χ4v) is 3.98. The monoisotopic (exact) mass is 362 g/mol. The van der Waals surface area contributed by atoms with Crippen molar-refractivity contribution in [1.82, 2.24) is 4.72 Å². The van der Waals surface area contributed by atoms with Crippen LogP contribution in [0.1, 0.15) is 31.9 Å². The predicted molar refractivity (Wildman–Crippen MR) is 94.9 cm³/mol. The Bertz CT molecular complexity index is 706. The molecule has 132 valence electrons. The van der Waals surface area contributed by atoms with Crippen molar-refractivity contribution in [2.75, 3.05) is 29.4 Å². The molecule has 0 aromatic heterocycles. The van der Waals surface area contributed by atoms with Gasteiger partial charge in [0.2, 0.25) is 20.0 Å². The van der Waals surface area contributed by atoms with Gasteiger partial charge in [-0.1, -0.05) is 32.0 Å². The van der Waals surface area contributed by atoms with E-state index in [1.54, 1.807) is 0 Å². The van der Waals surface area contributed by atoms with Crippen molar-refractivity contribution in [2.45, 2.75) is 33.6 Å². The minimum absolute atomic E-state index is 0.0301. The number of anilines is 1. The van der Waals surface area contributed by atoms with E-state index >= 15 is 0 Å². The fourth-order valence-electron chi connectivity index (χ4n) is 2.38. The summed E-state index contributed by atoms with van der Waals surface area (Å²) in [5, 5.41) is 0. The summed E-state index contributed by atoms with van der Waals surface area (Å²) in [7, 11) is -6.85. The van der Waals surface area contributed by atoms with Crippen molar-refractivity contribution in [2.24, 2.45) is 0 Å². The molecule has 0 bridgehead atoms. The van der Waals surface area contributed by atoms with Crippen LogP contribution in [0.15, 0.2) is 18.2 Å². The molecule has 0 saturated carbocycles. The van der Waals surface area contributed by atoms with E-state index in [1.165, 1.54) is 11.2 Å². The molecule has 8 heteroatoms. The predicted octanol–water partition coefficient (Wildman–Crippen LogP) is 1.52. The Hall–Kier alpha value is -1.12. The molecule has 0 aliphatic heterocycles. The molecular weight excluding hydrogens is 336 g/mol. The zero-order valence-corrected chi connectivity index (χ0v) is 15.8. The lowest BCUT2D eigenvalue weighted by molar-refractivity contribution is 0.579. The van der Waals surface area contributed by atoms with Crippen molar-refractivity contribution in [3.63, 3.8) is 0 Å². The Balaban J connectivity index is 3.19. The van der Waals surface area contributed by atoms with Gasteiger partial charge in [0.25, 0.3) is 0 Å². The minimum atomic E-state index is -3.51. The SMILES string of the molecule is CCc1cccc(CC)c1N(CCNS(=O)(=O)CC)S(C)(=O)=O. The first-order chi connectivity index (χ1) is 10.7. The standard InChI is InChI=1S/C15H26N2O4S2/c1-5-13-9-8-10-14(6-2)15(13)17(22(4,18)19)12-11-16-23(20,21)7-3/h8-10,16H,5-7,11-12H2,1-4H3. The Morgan fingerprint density at radius 1 is 1.00 bits per heavy atom. The number of nitrogens with one attached hydrogen (secondary N) is 1. The van der Waals surface area contributed by atoms with Crippen LogP contribution in [0.4, 0.5) is 5.69 Å². The molecule has 0 unspecified atom stereocenters. The largest absolute Gasteiger partial charge is 0.269 e. The van der Waals surface area contributed by atoms with Gasteiger partial charge in [-0.15, -0.1) is 0 Å². The van der Waals surface area contributed by atoms with Crippen molar-refractivity contribution in [3.8, 4) is 0 Å². The first kappa shape index (κ1) is 19.9. The summed E-state index contributed by atoms with van der Waals surface area (Å²) < 4.78 is 51.3. The third-order valence-electron chi connectivity index (χ3n) is 3.63. The van der Waals surface area contributed by atoms with Crippen LogP contribution < -0.4 is 9.03 Å². The van der Waals surface area contributed by atoms with Crippen LogP contribution in [0.5, 0.6) is 0 Å². The van der Waals surface area contributed by atoms with Crippen molar-refractivity contribution in [1.29, 1.82) is 0 Å². The number of rotatable bonds is 9. The quantitative estimate of drug-likeness (QED) is 0.722. The zero-order valence-electron chi connectivity index (χ0n) is 14.2. The number of nitrogens with zero attached hydrogens (tertiary/aromatic N) is 1. The molecular formula is C15H26N2O4S2. The number of para-hydroxylation sites is 1. The lowest BCUT2D eigenvalue weighted by atomic mass is 10.0. The van der Waals surface area contributed by atoms with Gasteiger partial charge in [0.15, 0.2) is 0 Å². The lowest BCUT2D eigenvalue weighted by Gasteiger charge is -2.27. The smallest absolute Gasteiger partial charge is 0.232 e. The van der Waals surface area contributed by atoms with E-state index in [0.29, 0.717) is 18.5 Å². The number of hydrogen-bond acceptors (Lipinski definition) is 4. The second kappa shape index (κ2) is 8.12. The summed E-state index contributed by atoms with van der Waals surface area (Å²) in [4.78, 5) is 0. The maximum Gasteiger partial charge on any atom is 0.232 e. The van der Waals surface area contributed by atoms with Gasteiger partial charge in [0.05, 0.1) is 17.7 Å². The Morgan fingerprint density at radius 2 is 1.52 bits per heavy atom. The van der Waals surface area contributed by atoms with Crippen LogP contribution in [0.3, 0.4) is 0 Å². The molecule has 0 aliphatic carbocycles. The van der Waals surface area contributed by atoms with Gasteiger partial charge in [-0.2, -0.15) is 0 Å². The second-order valence-corrected chi connectivity index (χ2v) is 9.27. The van der Waals surface area contributed by atoms with E-state index in [1.807, 2.05) is 32.0 Å². The summed E-state index contributed by atoms with van der Waals surface area (Å²) >= 11 is 0. The van der Waals surface area contributed by atoms with E-state index in [2.05, 4.69) is 4.72 Å². The molecule has 1 rings (SSSR count). The van der Waals surface area contributed by atoms with E-state index in [9.17, 15) is 16.8 Å². The first-order valence-electron chi connectivity index (χ1n) is 7.72. The molecule has 1 aromatic carbocycles. The van der Waals surface area contributed by atoms with E-state index in [0.717, 1.165) is 17.4 Å². The maximum absolute atomic E-state index is 12.2. The van der Waals surface area contributed by atoms with Crippen molar-refractivity contribution >= 4 is 25.7 Å². The van der Waals surface area contributed by atoms with Gasteiger partial charge in [-0.05, 0) is 30.9 Å². The third-order valence-corrected chi connectivity index (χ3v) is 6.20. The number of aryl methyl sites for hydroxylation is 2. The maximum atomic E-state index is 12.2. The highest BCUT2D eigenvalue weighted by atomic mass is 32.2. The Labute approximate surface area is 140 Å². The molecule has 1 aromatic rings.